The topological polar surface area (TPSA) is 58.6 Å². The van der Waals surface area contributed by atoms with Gasteiger partial charge in [0.25, 0.3) is 5.56 Å². The zero-order valence-corrected chi connectivity index (χ0v) is 7.82. The minimum atomic E-state index is -0.227. The van der Waals surface area contributed by atoms with Crippen LogP contribution in [0.15, 0.2) is 35.6 Å². The molecule has 2 rings (SSSR count). The van der Waals surface area contributed by atoms with Gasteiger partial charge in [-0.25, -0.2) is 4.98 Å². The predicted octanol–water partition coefficient (Wildman–Crippen LogP) is 1.49. The third kappa shape index (κ3) is 1.65. The van der Waals surface area contributed by atoms with Gasteiger partial charge in [-0.3, -0.25) is 9.78 Å². The molecule has 0 bridgehead atoms. The lowest BCUT2D eigenvalue weighted by Crippen LogP contribution is -2.08. The Morgan fingerprint density at radius 3 is 3.00 bits per heavy atom. The number of hydrogen-bond acceptors (Lipinski definition) is 3. The Kier molecular flexibility index (Phi) is 2.28. The summed E-state index contributed by atoms with van der Waals surface area (Å²) in [6, 6.07) is 3.27. The maximum atomic E-state index is 11.4. The summed E-state index contributed by atoms with van der Waals surface area (Å²) >= 11 is 5.77. The number of aromatic amines is 1. The number of H-pyrrole nitrogens is 1. The summed E-state index contributed by atoms with van der Waals surface area (Å²) in [5.74, 6) is 0. The van der Waals surface area contributed by atoms with E-state index in [1.165, 1.54) is 12.5 Å². The molecule has 0 saturated heterocycles. The summed E-state index contributed by atoms with van der Waals surface area (Å²) in [5.41, 5.74) is 0.705. The fourth-order valence-electron chi connectivity index (χ4n) is 1.08. The Morgan fingerprint density at radius 2 is 2.29 bits per heavy atom. The fourth-order valence-corrected chi connectivity index (χ4v) is 1.24. The number of aromatic nitrogens is 3. The lowest BCUT2D eigenvalue weighted by atomic mass is 10.2. The molecule has 0 aliphatic carbocycles. The van der Waals surface area contributed by atoms with Crippen molar-refractivity contribution in [2.24, 2.45) is 0 Å². The summed E-state index contributed by atoms with van der Waals surface area (Å²) in [6.45, 7) is 0. The second-order valence-electron chi connectivity index (χ2n) is 2.65. The Hall–Kier alpha value is -1.68. The third-order valence-electron chi connectivity index (χ3n) is 1.72. The Balaban J connectivity index is 2.61. The first-order chi connectivity index (χ1) is 6.77. The van der Waals surface area contributed by atoms with Crippen molar-refractivity contribution in [2.75, 3.05) is 0 Å². The van der Waals surface area contributed by atoms with Gasteiger partial charge in [0.1, 0.15) is 0 Å². The maximum absolute atomic E-state index is 11.4. The molecule has 14 heavy (non-hydrogen) atoms. The van der Waals surface area contributed by atoms with Crippen LogP contribution in [-0.2, 0) is 0 Å². The van der Waals surface area contributed by atoms with Crippen LogP contribution in [0.4, 0.5) is 0 Å². The van der Waals surface area contributed by atoms with E-state index in [1.807, 2.05) is 0 Å². The molecule has 0 radical (unpaired) electrons. The molecule has 70 valence electrons. The molecule has 0 amide bonds. The van der Waals surface area contributed by atoms with Crippen molar-refractivity contribution in [3.8, 4) is 11.3 Å². The maximum Gasteiger partial charge on any atom is 0.260 e. The summed E-state index contributed by atoms with van der Waals surface area (Å²) < 4.78 is 0. The fraction of sp³-hybridized carbons (Fsp3) is 0. The minimum absolute atomic E-state index is 0.227. The van der Waals surface area contributed by atoms with Crippen molar-refractivity contribution in [2.45, 2.75) is 0 Å². The van der Waals surface area contributed by atoms with Crippen LogP contribution in [-0.4, -0.2) is 15.0 Å². The van der Waals surface area contributed by atoms with Crippen molar-refractivity contribution in [1.82, 2.24) is 15.0 Å². The standard InChI is InChI=1S/C9H6ClN3O/c10-6-1-2-12-8(3-6)7-4-11-5-13-9(7)14/h1-5H,(H,11,13,14). The van der Waals surface area contributed by atoms with Gasteiger partial charge in [0.2, 0.25) is 0 Å². The Bertz CT molecular complexity index is 509. The summed E-state index contributed by atoms with van der Waals surface area (Å²) in [7, 11) is 0. The van der Waals surface area contributed by atoms with Gasteiger partial charge in [-0.2, -0.15) is 0 Å². The van der Waals surface area contributed by atoms with E-state index >= 15 is 0 Å². The molecule has 2 aromatic rings. The molecule has 0 fully saturated rings. The predicted molar refractivity (Wildman–Crippen MR) is 53.1 cm³/mol. The summed E-state index contributed by atoms with van der Waals surface area (Å²) in [4.78, 5) is 21.7. The molecule has 2 aromatic heterocycles. The van der Waals surface area contributed by atoms with Gasteiger partial charge in [0, 0.05) is 17.4 Å². The number of pyridine rings is 1. The highest BCUT2D eigenvalue weighted by molar-refractivity contribution is 6.30. The van der Waals surface area contributed by atoms with Crippen LogP contribution in [0.3, 0.4) is 0 Å². The van der Waals surface area contributed by atoms with Gasteiger partial charge in [-0.1, -0.05) is 11.6 Å². The quantitative estimate of drug-likeness (QED) is 0.771. The van der Waals surface area contributed by atoms with Crippen LogP contribution in [0.25, 0.3) is 11.3 Å². The highest BCUT2D eigenvalue weighted by Gasteiger charge is 2.03. The molecule has 0 aromatic carbocycles. The molecule has 4 nitrogen and oxygen atoms in total. The van der Waals surface area contributed by atoms with Gasteiger partial charge >= 0.3 is 0 Å². The molecule has 0 unspecified atom stereocenters. The average molecular weight is 208 g/mol. The van der Waals surface area contributed by atoms with Crippen molar-refractivity contribution in [1.29, 1.82) is 0 Å². The molecule has 0 saturated carbocycles. The summed E-state index contributed by atoms with van der Waals surface area (Å²) in [5, 5.41) is 0.540. The molecular weight excluding hydrogens is 202 g/mol. The second-order valence-corrected chi connectivity index (χ2v) is 3.09. The molecule has 0 atom stereocenters. The van der Waals surface area contributed by atoms with Gasteiger partial charge in [0.15, 0.2) is 0 Å². The molecular formula is C9H6ClN3O. The molecule has 0 aliphatic rings. The summed E-state index contributed by atoms with van der Waals surface area (Å²) in [6.07, 6.45) is 4.33. The van der Waals surface area contributed by atoms with Gasteiger partial charge in [-0.05, 0) is 12.1 Å². The van der Waals surface area contributed by atoms with Gasteiger partial charge in [0.05, 0.1) is 17.6 Å². The van der Waals surface area contributed by atoms with E-state index in [9.17, 15) is 4.79 Å². The van der Waals surface area contributed by atoms with Crippen molar-refractivity contribution >= 4 is 11.6 Å². The van der Waals surface area contributed by atoms with Crippen LogP contribution in [0.1, 0.15) is 0 Å². The lowest BCUT2D eigenvalue weighted by Gasteiger charge is -1.97. The number of hydrogen-bond donors (Lipinski definition) is 1. The van der Waals surface area contributed by atoms with E-state index in [1.54, 1.807) is 18.3 Å². The molecule has 0 aliphatic heterocycles. The minimum Gasteiger partial charge on any atom is -0.313 e. The first-order valence-electron chi connectivity index (χ1n) is 3.92. The van der Waals surface area contributed by atoms with E-state index < -0.39 is 0 Å². The van der Waals surface area contributed by atoms with Crippen LogP contribution >= 0.6 is 11.6 Å². The van der Waals surface area contributed by atoms with E-state index in [4.69, 9.17) is 11.6 Å². The van der Waals surface area contributed by atoms with Crippen LogP contribution in [0, 0.1) is 0 Å². The molecule has 1 N–H and O–H groups in total. The highest BCUT2D eigenvalue weighted by atomic mass is 35.5. The zero-order chi connectivity index (χ0) is 9.97. The first-order valence-corrected chi connectivity index (χ1v) is 4.30. The normalized spacial score (nSPS) is 10.1. The average Bonchev–Trinajstić information content (AvgIpc) is 2.18. The van der Waals surface area contributed by atoms with E-state index in [0.717, 1.165) is 0 Å². The molecule has 5 heteroatoms. The lowest BCUT2D eigenvalue weighted by molar-refractivity contribution is 1.11. The van der Waals surface area contributed by atoms with E-state index in [-0.39, 0.29) is 5.56 Å². The molecule has 0 spiro atoms. The number of rotatable bonds is 1. The zero-order valence-electron chi connectivity index (χ0n) is 7.07. The SMILES string of the molecule is O=c1[nH]cncc1-c1cc(Cl)ccn1. The number of nitrogens with one attached hydrogen (secondary N) is 1. The van der Waals surface area contributed by atoms with E-state index in [2.05, 4.69) is 15.0 Å². The largest absolute Gasteiger partial charge is 0.313 e. The van der Waals surface area contributed by atoms with Crippen molar-refractivity contribution in [3.63, 3.8) is 0 Å². The molecule has 2 heterocycles. The van der Waals surface area contributed by atoms with Crippen molar-refractivity contribution in [3.05, 3.63) is 46.2 Å². The highest BCUT2D eigenvalue weighted by Crippen LogP contribution is 2.15. The number of halogens is 1. The van der Waals surface area contributed by atoms with Gasteiger partial charge < -0.3 is 4.98 Å². The van der Waals surface area contributed by atoms with E-state index in [0.29, 0.717) is 16.3 Å². The second kappa shape index (κ2) is 3.59. The first kappa shape index (κ1) is 8.90. The monoisotopic (exact) mass is 207 g/mol. The van der Waals surface area contributed by atoms with Crippen LogP contribution < -0.4 is 5.56 Å². The Labute approximate surface area is 84.6 Å². The third-order valence-corrected chi connectivity index (χ3v) is 1.95. The van der Waals surface area contributed by atoms with Crippen LogP contribution in [0.5, 0.6) is 0 Å². The van der Waals surface area contributed by atoms with Crippen molar-refractivity contribution < 1.29 is 0 Å². The Morgan fingerprint density at radius 1 is 1.43 bits per heavy atom. The van der Waals surface area contributed by atoms with Crippen LogP contribution in [0.2, 0.25) is 5.02 Å². The smallest absolute Gasteiger partial charge is 0.260 e. The number of nitrogens with zero attached hydrogens (tertiary/aromatic N) is 2. The van der Waals surface area contributed by atoms with Gasteiger partial charge in [-0.15, -0.1) is 0 Å².